The van der Waals surface area contributed by atoms with Gasteiger partial charge in [-0.15, -0.1) is 0 Å². The monoisotopic (exact) mass is 455 g/mol. The quantitative estimate of drug-likeness (QED) is 0.383. The summed E-state index contributed by atoms with van der Waals surface area (Å²) in [6, 6.07) is 16.2. The van der Waals surface area contributed by atoms with Crippen molar-refractivity contribution in [3.63, 3.8) is 0 Å². The SMILES string of the molecule is Cc1cc(-c2cnc3c(NCC(C)(C)O)nc(-c4ccccc4)cn23)ccc1C(=O)NC1CC1. The average molecular weight is 456 g/mol. The number of aromatic nitrogens is 3. The van der Waals surface area contributed by atoms with E-state index in [1.807, 2.05) is 72.2 Å². The Morgan fingerprint density at radius 2 is 1.91 bits per heavy atom. The number of hydrogen-bond donors (Lipinski definition) is 3. The summed E-state index contributed by atoms with van der Waals surface area (Å²) in [5.41, 5.74) is 5.04. The molecule has 1 aliphatic carbocycles. The van der Waals surface area contributed by atoms with Crippen LogP contribution >= 0.6 is 0 Å². The average Bonchev–Trinajstić information content (AvgIpc) is 3.52. The van der Waals surface area contributed by atoms with Crippen LogP contribution in [0, 0.1) is 6.92 Å². The first-order chi connectivity index (χ1) is 16.3. The van der Waals surface area contributed by atoms with Crippen LogP contribution in [0.1, 0.15) is 42.6 Å². The number of hydrogen-bond acceptors (Lipinski definition) is 5. The molecule has 0 unspecified atom stereocenters. The molecule has 2 heterocycles. The molecule has 1 fully saturated rings. The van der Waals surface area contributed by atoms with Crippen molar-refractivity contribution in [1.29, 1.82) is 0 Å². The van der Waals surface area contributed by atoms with E-state index in [2.05, 4.69) is 15.6 Å². The van der Waals surface area contributed by atoms with Crippen molar-refractivity contribution >= 4 is 17.4 Å². The van der Waals surface area contributed by atoms with Gasteiger partial charge < -0.3 is 15.7 Å². The molecule has 0 radical (unpaired) electrons. The van der Waals surface area contributed by atoms with Gasteiger partial charge >= 0.3 is 0 Å². The number of carbonyl (C=O) groups is 1. The highest BCUT2D eigenvalue weighted by atomic mass is 16.3. The summed E-state index contributed by atoms with van der Waals surface area (Å²) in [6.07, 6.45) is 5.92. The van der Waals surface area contributed by atoms with Crippen molar-refractivity contribution in [2.24, 2.45) is 0 Å². The first-order valence-electron chi connectivity index (χ1n) is 11.6. The summed E-state index contributed by atoms with van der Waals surface area (Å²) in [6.45, 7) is 5.79. The fraction of sp³-hybridized carbons (Fsp3) is 0.296. The Bertz CT molecular complexity index is 1350. The number of carbonyl (C=O) groups excluding carboxylic acids is 1. The number of anilines is 1. The van der Waals surface area contributed by atoms with Gasteiger partial charge in [0.2, 0.25) is 0 Å². The number of fused-ring (bicyclic) bond motifs is 1. The number of imidazole rings is 1. The number of amides is 1. The fourth-order valence-corrected chi connectivity index (χ4v) is 3.94. The number of benzene rings is 2. The molecule has 0 atom stereocenters. The van der Waals surface area contributed by atoms with Crippen LogP contribution in [-0.2, 0) is 0 Å². The molecule has 7 nitrogen and oxygen atoms in total. The third kappa shape index (κ3) is 4.65. The van der Waals surface area contributed by atoms with Gasteiger partial charge in [-0.1, -0.05) is 36.4 Å². The predicted octanol–water partition coefficient (Wildman–Crippen LogP) is 4.45. The molecular formula is C27H29N5O2. The molecule has 0 spiro atoms. The Kier molecular flexibility index (Phi) is 5.57. The maximum atomic E-state index is 12.6. The number of aliphatic hydroxyl groups is 1. The summed E-state index contributed by atoms with van der Waals surface area (Å²) < 4.78 is 2.01. The van der Waals surface area contributed by atoms with Crippen LogP contribution in [0.2, 0.25) is 0 Å². The summed E-state index contributed by atoms with van der Waals surface area (Å²) in [5, 5.41) is 16.6. The van der Waals surface area contributed by atoms with E-state index in [1.165, 1.54) is 0 Å². The fourth-order valence-electron chi connectivity index (χ4n) is 3.94. The smallest absolute Gasteiger partial charge is 0.251 e. The Morgan fingerprint density at radius 1 is 1.15 bits per heavy atom. The minimum Gasteiger partial charge on any atom is -0.389 e. The normalized spacial score (nSPS) is 13.8. The van der Waals surface area contributed by atoms with Crippen molar-refractivity contribution in [3.8, 4) is 22.5 Å². The first-order valence-corrected chi connectivity index (χ1v) is 11.6. The Balaban J connectivity index is 1.57. The summed E-state index contributed by atoms with van der Waals surface area (Å²) in [5.74, 6) is 0.588. The van der Waals surface area contributed by atoms with Gasteiger partial charge in [0.15, 0.2) is 11.5 Å². The number of aryl methyl sites for hydroxylation is 1. The lowest BCUT2D eigenvalue weighted by Gasteiger charge is -2.19. The van der Waals surface area contributed by atoms with E-state index in [-0.39, 0.29) is 5.91 Å². The second kappa shape index (κ2) is 8.57. The van der Waals surface area contributed by atoms with Gasteiger partial charge in [0.25, 0.3) is 5.91 Å². The maximum Gasteiger partial charge on any atom is 0.251 e. The lowest BCUT2D eigenvalue weighted by Crippen LogP contribution is -2.29. The lowest BCUT2D eigenvalue weighted by molar-refractivity contribution is 0.0939. The largest absolute Gasteiger partial charge is 0.389 e. The van der Waals surface area contributed by atoms with Gasteiger partial charge in [-0.25, -0.2) is 9.97 Å². The molecule has 174 valence electrons. The highest BCUT2D eigenvalue weighted by molar-refractivity contribution is 5.96. The van der Waals surface area contributed by atoms with Crippen molar-refractivity contribution in [2.75, 3.05) is 11.9 Å². The van der Waals surface area contributed by atoms with Gasteiger partial charge in [-0.05, 0) is 51.3 Å². The van der Waals surface area contributed by atoms with Crippen LogP contribution in [0.3, 0.4) is 0 Å². The summed E-state index contributed by atoms with van der Waals surface area (Å²) in [4.78, 5) is 22.0. The third-order valence-corrected chi connectivity index (χ3v) is 5.93. The Hall–Kier alpha value is -3.71. The van der Waals surface area contributed by atoms with Gasteiger partial charge in [0, 0.05) is 35.5 Å². The van der Waals surface area contributed by atoms with Gasteiger partial charge in [-0.2, -0.15) is 0 Å². The first kappa shape index (κ1) is 22.1. The van der Waals surface area contributed by atoms with E-state index < -0.39 is 5.60 Å². The Labute approximate surface area is 198 Å². The number of nitrogens with zero attached hydrogens (tertiary/aromatic N) is 3. The molecule has 0 saturated heterocycles. The van der Waals surface area contributed by atoms with Crippen LogP contribution in [0.25, 0.3) is 28.2 Å². The summed E-state index contributed by atoms with van der Waals surface area (Å²) >= 11 is 0. The molecule has 3 N–H and O–H groups in total. The second-order valence-corrected chi connectivity index (χ2v) is 9.62. The molecule has 4 aromatic rings. The molecule has 1 amide bonds. The molecule has 7 heteroatoms. The van der Waals surface area contributed by atoms with E-state index in [9.17, 15) is 9.90 Å². The zero-order chi connectivity index (χ0) is 23.9. The Morgan fingerprint density at radius 3 is 2.59 bits per heavy atom. The molecule has 34 heavy (non-hydrogen) atoms. The third-order valence-electron chi connectivity index (χ3n) is 5.93. The van der Waals surface area contributed by atoms with E-state index in [4.69, 9.17) is 4.98 Å². The van der Waals surface area contributed by atoms with Crippen molar-refractivity contribution in [1.82, 2.24) is 19.7 Å². The minimum atomic E-state index is -0.898. The second-order valence-electron chi connectivity index (χ2n) is 9.62. The van der Waals surface area contributed by atoms with Gasteiger partial charge in [-0.3, -0.25) is 9.20 Å². The van der Waals surface area contributed by atoms with Crippen molar-refractivity contribution < 1.29 is 9.90 Å². The van der Waals surface area contributed by atoms with Crippen molar-refractivity contribution in [3.05, 3.63) is 72.1 Å². The van der Waals surface area contributed by atoms with Gasteiger partial charge in [0.05, 0.1) is 23.2 Å². The van der Waals surface area contributed by atoms with E-state index in [0.717, 1.165) is 40.9 Å². The molecule has 1 aliphatic rings. The maximum absolute atomic E-state index is 12.6. The molecule has 1 saturated carbocycles. The topological polar surface area (TPSA) is 91.6 Å². The molecule has 5 rings (SSSR count). The van der Waals surface area contributed by atoms with Crippen LogP contribution < -0.4 is 10.6 Å². The van der Waals surface area contributed by atoms with Crippen LogP contribution in [-0.4, -0.2) is 43.6 Å². The molecule has 2 aromatic carbocycles. The molecular weight excluding hydrogens is 426 g/mol. The van der Waals surface area contributed by atoms with E-state index in [0.29, 0.717) is 29.6 Å². The van der Waals surface area contributed by atoms with Crippen molar-refractivity contribution in [2.45, 2.75) is 45.3 Å². The van der Waals surface area contributed by atoms with Gasteiger partial charge in [0.1, 0.15) is 0 Å². The minimum absolute atomic E-state index is 0.0154. The van der Waals surface area contributed by atoms with E-state index >= 15 is 0 Å². The lowest BCUT2D eigenvalue weighted by atomic mass is 10.0. The highest BCUT2D eigenvalue weighted by Gasteiger charge is 2.24. The van der Waals surface area contributed by atoms with Crippen LogP contribution in [0.4, 0.5) is 5.82 Å². The zero-order valence-corrected chi connectivity index (χ0v) is 19.7. The predicted molar refractivity (Wildman–Crippen MR) is 134 cm³/mol. The standard InChI is InChI=1S/C27H29N5O2/c1-17-13-19(9-12-21(17)26(33)30-20-10-11-20)23-14-28-25-24(29-16-27(2,3)34)31-22(15-32(23)25)18-7-5-4-6-8-18/h4-9,12-15,20,34H,10-11,16H2,1-3H3,(H,29,31)(H,30,33). The molecule has 0 bridgehead atoms. The molecule has 0 aliphatic heterocycles. The van der Waals surface area contributed by atoms with E-state index in [1.54, 1.807) is 13.8 Å². The zero-order valence-electron chi connectivity index (χ0n) is 19.7. The number of nitrogens with one attached hydrogen (secondary N) is 2. The molecule has 2 aromatic heterocycles. The number of rotatable bonds is 7. The van der Waals surface area contributed by atoms with Crippen LogP contribution in [0.5, 0.6) is 0 Å². The van der Waals surface area contributed by atoms with Crippen LogP contribution in [0.15, 0.2) is 60.9 Å². The highest BCUT2D eigenvalue weighted by Crippen LogP contribution is 2.29. The summed E-state index contributed by atoms with van der Waals surface area (Å²) in [7, 11) is 0.